The Morgan fingerprint density at radius 1 is 1.12 bits per heavy atom. The highest BCUT2D eigenvalue weighted by atomic mass is 35.5. The van der Waals surface area contributed by atoms with Crippen LogP contribution in [0.15, 0.2) is 73.6 Å². The molecule has 5 rings (SSSR count). The van der Waals surface area contributed by atoms with E-state index < -0.39 is 5.79 Å². The Hall–Kier alpha value is -2.84. The van der Waals surface area contributed by atoms with Gasteiger partial charge in [0.2, 0.25) is 5.79 Å². The molecule has 0 aliphatic carbocycles. The van der Waals surface area contributed by atoms with Gasteiger partial charge in [-0.2, -0.15) is 0 Å². The van der Waals surface area contributed by atoms with E-state index in [-0.39, 0.29) is 6.10 Å². The van der Waals surface area contributed by atoms with Crippen LogP contribution in [0.4, 0.5) is 0 Å². The molecule has 176 valence electrons. The summed E-state index contributed by atoms with van der Waals surface area (Å²) in [5.74, 6) is 0.695. The van der Waals surface area contributed by atoms with Crippen LogP contribution < -0.4 is 4.74 Å². The van der Waals surface area contributed by atoms with E-state index in [9.17, 15) is 0 Å². The SMILES string of the molecule is CCc1nccn1-c1ccc(OCC2COC(Cn3ccnc3)(c3ccc(Cl)cc3Cl)O2)cc1. The third-order valence-corrected chi connectivity index (χ3v) is 6.28. The van der Waals surface area contributed by atoms with E-state index in [1.807, 2.05) is 53.5 Å². The first kappa shape index (κ1) is 22.9. The zero-order valence-corrected chi connectivity index (χ0v) is 20.1. The van der Waals surface area contributed by atoms with Gasteiger partial charge in [0, 0.05) is 47.5 Å². The normalized spacial score (nSPS) is 20.0. The van der Waals surface area contributed by atoms with Crippen molar-refractivity contribution in [3.05, 3.63) is 95.0 Å². The largest absolute Gasteiger partial charge is 0.491 e. The number of aromatic nitrogens is 4. The highest BCUT2D eigenvalue weighted by Gasteiger charge is 2.45. The van der Waals surface area contributed by atoms with Gasteiger partial charge >= 0.3 is 0 Å². The second kappa shape index (κ2) is 9.80. The predicted octanol–water partition coefficient (Wildman–Crippen LogP) is 5.29. The van der Waals surface area contributed by atoms with Crippen LogP contribution in [0, 0.1) is 0 Å². The molecule has 0 bridgehead atoms. The molecule has 1 aliphatic heterocycles. The highest BCUT2D eigenvalue weighted by molar-refractivity contribution is 6.35. The summed E-state index contributed by atoms with van der Waals surface area (Å²) in [6.07, 6.45) is 9.63. The quantitative estimate of drug-likeness (QED) is 0.330. The van der Waals surface area contributed by atoms with Crippen LogP contribution in [0.3, 0.4) is 0 Å². The number of rotatable bonds is 8. The molecule has 2 atom stereocenters. The summed E-state index contributed by atoms with van der Waals surface area (Å²) in [6.45, 7) is 3.18. The zero-order chi connectivity index (χ0) is 23.5. The number of halogens is 2. The van der Waals surface area contributed by atoms with E-state index in [4.69, 9.17) is 37.4 Å². The molecule has 0 radical (unpaired) electrons. The van der Waals surface area contributed by atoms with Gasteiger partial charge in [0.25, 0.3) is 0 Å². The van der Waals surface area contributed by atoms with Crippen LogP contribution in [-0.4, -0.2) is 38.4 Å². The lowest BCUT2D eigenvalue weighted by Crippen LogP contribution is -2.34. The van der Waals surface area contributed by atoms with Gasteiger partial charge in [0.15, 0.2) is 0 Å². The van der Waals surface area contributed by atoms with Crippen molar-refractivity contribution in [3.63, 3.8) is 0 Å². The van der Waals surface area contributed by atoms with Crippen LogP contribution in [-0.2, 0) is 28.2 Å². The van der Waals surface area contributed by atoms with Gasteiger partial charge in [-0.3, -0.25) is 0 Å². The Bertz CT molecular complexity index is 1240. The number of ether oxygens (including phenoxy) is 3. The first-order valence-electron chi connectivity index (χ1n) is 11.0. The van der Waals surface area contributed by atoms with Crippen molar-refractivity contribution in [1.82, 2.24) is 19.1 Å². The summed E-state index contributed by atoms with van der Waals surface area (Å²) in [5.41, 5.74) is 1.75. The van der Waals surface area contributed by atoms with Crippen molar-refractivity contribution in [2.75, 3.05) is 13.2 Å². The van der Waals surface area contributed by atoms with Crippen LogP contribution in [0.5, 0.6) is 5.75 Å². The van der Waals surface area contributed by atoms with E-state index in [1.54, 1.807) is 24.7 Å². The van der Waals surface area contributed by atoms with Crippen molar-refractivity contribution in [2.24, 2.45) is 0 Å². The minimum atomic E-state index is -1.07. The fourth-order valence-corrected chi connectivity index (χ4v) is 4.65. The standard InChI is InChI=1S/C25H24Cl2N4O3/c1-2-24-29-10-12-31(24)19-4-6-20(7-5-19)32-14-21-15-33-25(34-21,16-30-11-9-28-17-30)22-8-3-18(26)13-23(22)27/h3-13,17,21H,2,14-16H2,1H3. The van der Waals surface area contributed by atoms with E-state index in [2.05, 4.69) is 21.5 Å². The van der Waals surface area contributed by atoms with E-state index in [0.29, 0.717) is 35.4 Å². The maximum atomic E-state index is 6.53. The van der Waals surface area contributed by atoms with Gasteiger partial charge in [-0.25, -0.2) is 9.97 Å². The number of benzene rings is 2. The number of nitrogens with zero attached hydrogens (tertiary/aromatic N) is 4. The molecule has 2 unspecified atom stereocenters. The molecule has 1 fully saturated rings. The molecule has 4 aromatic rings. The molecule has 2 aromatic heterocycles. The molecular weight excluding hydrogens is 475 g/mol. The summed E-state index contributed by atoms with van der Waals surface area (Å²) in [4.78, 5) is 8.50. The molecule has 1 saturated heterocycles. The average molecular weight is 499 g/mol. The minimum absolute atomic E-state index is 0.282. The van der Waals surface area contributed by atoms with Crippen molar-refractivity contribution < 1.29 is 14.2 Å². The second-order valence-corrected chi connectivity index (χ2v) is 8.88. The first-order valence-corrected chi connectivity index (χ1v) is 11.8. The number of imidazole rings is 2. The topological polar surface area (TPSA) is 63.3 Å². The Morgan fingerprint density at radius 3 is 2.71 bits per heavy atom. The van der Waals surface area contributed by atoms with Crippen LogP contribution in [0.1, 0.15) is 18.3 Å². The molecular formula is C25H24Cl2N4O3. The van der Waals surface area contributed by atoms with Gasteiger partial charge in [0.1, 0.15) is 24.3 Å². The average Bonchev–Trinajstić information content (AvgIpc) is 3.60. The fraction of sp³-hybridized carbons (Fsp3) is 0.280. The van der Waals surface area contributed by atoms with Gasteiger partial charge in [0.05, 0.1) is 24.5 Å². The zero-order valence-electron chi connectivity index (χ0n) is 18.6. The molecule has 1 aliphatic rings. The molecule has 2 aromatic carbocycles. The Labute approximate surface area is 207 Å². The second-order valence-electron chi connectivity index (χ2n) is 8.03. The third kappa shape index (κ3) is 4.70. The Morgan fingerprint density at radius 2 is 1.97 bits per heavy atom. The van der Waals surface area contributed by atoms with Gasteiger partial charge < -0.3 is 23.3 Å². The molecule has 0 spiro atoms. The molecule has 7 nitrogen and oxygen atoms in total. The Kier molecular flexibility index (Phi) is 6.61. The minimum Gasteiger partial charge on any atom is -0.491 e. The van der Waals surface area contributed by atoms with Crippen molar-refractivity contribution >= 4 is 23.2 Å². The summed E-state index contributed by atoms with van der Waals surface area (Å²) < 4.78 is 22.6. The molecule has 0 amide bonds. The smallest absolute Gasteiger partial charge is 0.215 e. The Balaban J connectivity index is 1.29. The monoisotopic (exact) mass is 498 g/mol. The van der Waals surface area contributed by atoms with E-state index in [1.165, 1.54) is 0 Å². The lowest BCUT2D eigenvalue weighted by atomic mass is 10.1. The fourth-order valence-electron chi connectivity index (χ4n) is 4.10. The maximum absolute atomic E-state index is 6.53. The number of hydrogen-bond donors (Lipinski definition) is 0. The van der Waals surface area contributed by atoms with Crippen molar-refractivity contribution in [2.45, 2.75) is 31.8 Å². The summed E-state index contributed by atoms with van der Waals surface area (Å²) >= 11 is 12.6. The predicted molar refractivity (Wildman–Crippen MR) is 130 cm³/mol. The molecule has 9 heteroatoms. The number of hydrogen-bond acceptors (Lipinski definition) is 5. The maximum Gasteiger partial charge on any atom is 0.215 e. The van der Waals surface area contributed by atoms with Crippen molar-refractivity contribution in [1.29, 1.82) is 0 Å². The third-order valence-electron chi connectivity index (χ3n) is 5.74. The highest BCUT2D eigenvalue weighted by Crippen LogP contribution is 2.40. The van der Waals surface area contributed by atoms with Crippen molar-refractivity contribution in [3.8, 4) is 11.4 Å². The van der Waals surface area contributed by atoms with Gasteiger partial charge in [-0.15, -0.1) is 0 Å². The van der Waals surface area contributed by atoms with Crippen LogP contribution >= 0.6 is 23.2 Å². The summed E-state index contributed by atoms with van der Waals surface area (Å²) in [7, 11) is 0. The molecule has 0 saturated carbocycles. The van der Waals surface area contributed by atoms with E-state index in [0.717, 1.165) is 23.7 Å². The summed E-state index contributed by atoms with van der Waals surface area (Å²) in [6, 6.07) is 13.2. The molecule has 34 heavy (non-hydrogen) atoms. The van der Waals surface area contributed by atoms with Gasteiger partial charge in [-0.05, 0) is 36.4 Å². The first-order chi connectivity index (χ1) is 16.6. The lowest BCUT2D eigenvalue weighted by Gasteiger charge is -2.30. The lowest BCUT2D eigenvalue weighted by molar-refractivity contribution is -0.189. The molecule has 3 heterocycles. The van der Waals surface area contributed by atoms with Crippen LogP contribution in [0.2, 0.25) is 10.0 Å². The van der Waals surface area contributed by atoms with Crippen LogP contribution in [0.25, 0.3) is 5.69 Å². The summed E-state index contributed by atoms with van der Waals surface area (Å²) in [5, 5.41) is 1.03. The molecule has 0 N–H and O–H groups in total. The van der Waals surface area contributed by atoms with Gasteiger partial charge in [-0.1, -0.05) is 36.2 Å². The number of aryl methyl sites for hydroxylation is 1. The van der Waals surface area contributed by atoms with E-state index >= 15 is 0 Å².